The monoisotopic (exact) mass is 275 g/mol. The van der Waals surface area contributed by atoms with E-state index in [1.807, 2.05) is 24.3 Å². The van der Waals surface area contributed by atoms with Gasteiger partial charge in [0.25, 0.3) is 0 Å². The standard InChI is InChI=1S/C14H17N3O3/c1-20-9-4-2-8(3-5-9)12-13-10(15-7-16-13)6-11(17-12)14(18)19/h2-5,7,10-13,17H,6H2,1H3,(H,15,16)(H,18,19)/t10-,11-,12-,13+/m1/s1. The number of fused-ring (bicyclic) bond motifs is 1. The van der Waals surface area contributed by atoms with Crippen LogP contribution in [-0.2, 0) is 4.79 Å². The zero-order valence-corrected chi connectivity index (χ0v) is 11.1. The molecule has 0 radical (unpaired) electrons. The predicted octanol–water partition coefficient (Wildman–Crippen LogP) is 0.552. The third-order valence-corrected chi connectivity index (χ3v) is 3.93. The van der Waals surface area contributed by atoms with Crippen molar-refractivity contribution < 1.29 is 14.6 Å². The van der Waals surface area contributed by atoms with E-state index in [0.717, 1.165) is 11.3 Å². The van der Waals surface area contributed by atoms with Crippen LogP contribution in [0, 0.1) is 0 Å². The van der Waals surface area contributed by atoms with Crippen molar-refractivity contribution in [2.45, 2.75) is 30.6 Å². The van der Waals surface area contributed by atoms with Gasteiger partial charge in [-0.05, 0) is 24.1 Å². The normalized spacial score (nSPS) is 31.4. The van der Waals surface area contributed by atoms with Crippen molar-refractivity contribution in [2.75, 3.05) is 7.11 Å². The second-order valence-corrected chi connectivity index (χ2v) is 5.09. The van der Waals surface area contributed by atoms with Crippen molar-refractivity contribution in [2.24, 2.45) is 4.99 Å². The molecule has 4 atom stereocenters. The Balaban J connectivity index is 1.87. The van der Waals surface area contributed by atoms with E-state index in [9.17, 15) is 9.90 Å². The van der Waals surface area contributed by atoms with Crippen molar-refractivity contribution in [3.8, 4) is 5.75 Å². The molecule has 6 heteroatoms. The Morgan fingerprint density at radius 2 is 2.15 bits per heavy atom. The number of carboxylic acid groups (broad SMARTS) is 1. The maximum absolute atomic E-state index is 11.3. The van der Waals surface area contributed by atoms with Gasteiger partial charge in [-0.3, -0.25) is 15.1 Å². The van der Waals surface area contributed by atoms with Crippen LogP contribution in [-0.4, -0.2) is 42.6 Å². The number of benzene rings is 1. The van der Waals surface area contributed by atoms with Gasteiger partial charge in [0.2, 0.25) is 0 Å². The first-order chi connectivity index (χ1) is 9.69. The van der Waals surface area contributed by atoms with Crippen LogP contribution in [0.1, 0.15) is 18.0 Å². The Labute approximate surface area is 116 Å². The Bertz CT molecular complexity index is 529. The van der Waals surface area contributed by atoms with Crippen molar-refractivity contribution in [3.63, 3.8) is 0 Å². The number of nitrogens with one attached hydrogen (secondary N) is 2. The molecule has 0 aromatic heterocycles. The van der Waals surface area contributed by atoms with Crippen molar-refractivity contribution in [1.82, 2.24) is 10.6 Å². The summed E-state index contributed by atoms with van der Waals surface area (Å²) in [6.45, 7) is 0. The molecular formula is C14H17N3O3. The first-order valence-electron chi connectivity index (χ1n) is 6.59. The average molecular weight is 275 g/mol. The second kappa shape index (κ2) is 5.13. The molecule has 1 aromatic rings. The fourth-order valence-electron chi connectivity index (χ4n) is 2.87. The first kappa shape index (κ1) is 12.9. The minimum Gasteiger partial charge on any atom is -0.497 e. The summed E-state index contributed by atoms with van der Waals surface area (Å²) in [6.07, 6.45) is 2.21. The van der Waals surface area contributed by atoms with Gasteiger partial charge < -0.3 is 15.2 Å². The van der Waals surface area contributed by atoms with E-state index in [4.69, 9.17) is 4.74 Å². The van der Waals surface area contributed by atoms with Crippen LogP contribution >= 0.6 is 0 Å². The highest BCUT2D eigenvalue weighted by Crippen LogP contribution is 2.31. The van der Waals surface area contributed by atoms with Gasteiger partial charge in [-0.15, -0.1) is 0 Å². The molecule has 0 bridgehead atoms. The molecular weight excluding hydrogens is 258 g/mol. The molecule has 6 nitrogen and oxygen atoms in total. The second-order valence-electron chi connectivity index (χ2n) is 5.09. The zero-order valence-electron chi connectivity index (χ0n) is 11.1. The van der Waals surface area contributed by atoms with Gasteiger partial charge >= 0.3 is 5.97 Å². The van der Waals surface area contributed by atoms with Gasteiger partial charge in [-0.25, -0.2) is 0 Å². The van der Waals surface area contributed by atoms with Gasteiger partial charge in [0.15, 0.2) is 0 Å². The Hall–Kier alpha value is -2.08. The number of carbonyl (C=O) groups is 1. The molecule has 2 aliphatic heterocycles. The van der Waals surface area contributed by atoms with Gasteiger partial charge in [0, 0.05) is 0 Å². The van der Waals surface area contributed by atoms with Crippen molar-refractivity contribution in [3.05, 3.63) is 29.8 Å². The van der Waals surface area contributed by atoms with E-state index in [2.05, 4.69) is 15.6 Å². The van der Waals surface area contributed by atoms with Crippen LogP contribution < -0.4 is 15.4 Å². The number of aliphatic carboxylic acids is 1. The van der Waals surface area contributed by atoms with E-state index < -0.39 is 12.0 Å². The smallest absolute Gasteiger partial charge is 0.320 e. The van der Waals surface area contributed by atoms with E-state index in [0.29, 0.717) is 6.42 Å². The van der Waals surface area contributed by atoms with E-state index in [1.54, 1.807) is 13.4 Å². The fraction of sp³-hybridized carbons (Fsp3) is 0.429. The maximum atomic E-state index is 11.3. The Morgan fingerprint density at radius 3 is 2.80 bits per heavy atom. The van der Waals surface area contributed by atoms with E-state index in [1.165, 1.54) is 0 Å². The summed E-state index contributed by atoms with van der Waals surface area (Å²) in [7, 11) is 1.62. The number of nitrogens with zero attached hydrogens (tertiary/aromatic N) is 1. The lowest BCUT2D eigenvalue weighted by atomic mass is 9.86. The molecule has 3 N–H and O–H groups in total. The predicted molar refractivity (Wildman–Crippen MR) is 74.1 cm³/mol. The molecule has 0 saturated carbocycles. The molecule has 0 amide bonds. The molecule has 2 aliphatic rings. The van der Waals surface area contributed by atoms with E-state index >= 15 is 0 Å². The Kier molecular flexibility index (Phi) is 3.31. The molecule has 20 heavy (non-hydrogen) atoms. The summed E-state index contributed by atoms with van der Waals surface area (Å²) in [5.41, 5.74) is 1.02. The number of aliphatic imine (C=N–C) groups is 1. The number of carboxylic acids is 1. The van der Waals surface area contributed by atoms with Gasteiger partial charge in [0.05, 0.1) is 31.6 Å². The van der Waals surface area contributed by atoms with Crippen LogP contribution in [0.15, 0.2) is 29.3 Å². The molecule has 3 rings (SSSR count). The van der Waals surface area contributed by atoms with Crippen molar-refractivity contribution in [1.29, 1.82) is 0 Å². The first-order valence-corrected chi connectivity index (χ1v) is 6.59. The number of hydrogen-bond donors (Lipinski definition) is 3. The lowest BCUT2D eigenvalue weighted by Gasteiger charge is -2.37. The number of rotatable bonds is 3. The fourth-order valence-corrected chi connectivity index (χ4v) is 2.87. The molecule has 0 unspecified atom stereocenters. The van der Waals surface area contributed by atoms with Crippen LogP contribution in [0.25, 0.3) is 0 Å². The molecule has 106 valence electrons. The van der Waals surface area contributed by atoms with Crippen LogP contribution in [0.5, 0.6) is 5.75 Å². The number of piperidine rings is 1. The van der Waals surface area contributed by atoms with Gasteiger partial charge in [0.1, 0.15) is 11.8 Å². The maximum Gasteiger partial charge on any atom is 0.320 e. The third-order valence-electron chi connectivity index (χ3n) is 3.93. The third kappa shape index (κ3) is 2.22. The largest absolute Gasteiger partial charge is 0.497 e. The molecule has 1 fully saturated rings. The Morgan fingerprint density at radius 1 is 1.40 bits per heavy atom. The zero-order chi connectivity index (χ0) is 14.1. The minimum atomic E-state index is -0.823. The average Bonchev–Trinajstić information content (AvgIpc) is 2.94. The summed E-state index contributed by atoms with van der Waals surface area (Å²) in [5.74, 6) is -0.0420. The van der Waals surface area contributed by atoms with Crippen LogP contribution in [0.4, 0.5) is 0 Å². The van der Waals surface area contributed by atoms with Gasteiger partial charge in [-0.1, -0.05) is 12.1 Å². The SMILES string of the molecule is COc1ccc([C@H]2N[C@@H](C(=O)O)C[C@H]3NC=N[C@H]23)cc1. The van der Waals surface area contributed by atoms with Crippen molar-refractivity contribution >= 4 is 12.3 Å². The van der Waals surface area contributed by atoms with Crippen LogP contribution in [0.3, 0.4) is 0 Å². The summed E-state index contributed by atoms with van der Waals surface area (Å²) in [4.78, 5) is 15.7. The molecule has 1 saturated heterocycles. The topological polar surface area (TPSA) is 83.0 Å². The summed E-state index contributed by atoms with van der Waals surface area (Å²) in [5, 5.41) is 15.6. The molecule has 0 spiro atoms. The van der Waals surface area contributed by atoms with Crippen LogP contribution in [0.2, 0.25) is 0 Å². The molecule has 1 aromatic carbocycles. The minimum absolute atomic E-state index is 0.0268. The summed E-state index contributed by atoms with van der Waals surface area (Å²) >= 11 is 0. The quantitative estimate of drug-likeness (QED) is 0.750. The lowest BCUT2D eigenvalue weighted by Crippen LogP contribution is -2.55. The highest BCUT2D eigenvalue weighted by Gasteiger charge is 2.42. The number of hydrogen-bond acceptors (Lipinski definition) is 5. The highest BCUT2D eigenvalue weighted by molar-refractivity contribution is 5.74. The highest BCUT2D eigenvalue weighted by atomic mass is 16.5. The summed E-state index contributed by atoms with van der Waals surface area (Å²) in [6, 6.07) is 7.09. The molecule has 0 aliphatic carbocycles. The van der Waals surface area contributed by atoms with E-state index in [-0.39, 0.29) is 18.1 Å². The number of methoxy groups -OCH3 is 1. The molecule has 2 heterocycles. The number of ether oxygens (including phenoxy) is 1. The van der Waals surface area contributed by atoms with Gasteiger partial charge in [-0.2, -0.15) is 0 Å². The summed E-state index contributed by atoms with van der Waals surface area (Å²) < 4.78 is 5.15. The lowest BCUT2D eigenvalue weighted by molar-refractivity contribution is -0.140.